The van der Waals surface area contributed by atoms with E-state index in [1.54, 1.807) is 30.3 Å². The number of rotatable bonds is 4. The summed E-state index contributed by atoms with van der Waals surface area (Å²) in [5, 5.41) is 6.89. The van der Waals surface area contributed by atoms with E-state index in [0.29, 0.717) is 46.1 Å². The van der Waals surface area contributed by atoms with Crippen molar-refractivity contribution in [2.24, 2.45) is 0 Å². The Morgan fingerprint density at radius 3 is 2.54 bits per heavy atom. The van der Waals surface area contributed by atoms with Gasteiger partial charge in [-0.25, -0.2) is 0 Å². The molecule has 5 nitrogen and oxygen atoms in total. The maximum atomic E-state index is 12.1. The van der Waals surface area contributed by atoms with Crippen molar-refractivity contribution in [2.75, 3.05) is 30.4 Å². The van der Waals surface area contributed by atoms with Crippen molar-refractivity contribution in [3.8, 4) is 11.5 Å². The molecule has 1 aliphatic rings. The predicted molar refractivity (Wildman–Crippen MR) is 95.8 cm³/mol. The van der Waals surface area contributed by atoms with Crippen LogP contribution < -0.4 is 20.1 Å². The standard InChI is InChI=1S/C17H16Cl2N2O3/c1-10-11(18)3-2-4-13(10)21-17(22)9-20-14-8-16-15(7-12(14)19)23-5-6-24-16/h2-4,7-8,20H,5-6,9H2,1H3,(H,21,22). The van der Waals surface area contributed by atoms with Gasteiger partial charge in [-0.1, -0.05) is 29.3 Å². The average Bonchev–Trinajstić information content (AvgIpc) is 2.57. The molecule has 0 saturated carbocycles. The monoisotopic (exact) mass is 366 g/mol. The summed E-state index contributed by atoms with van der Waals surface area (Å²) in [6.45, 7) is 2.90. The van der Waals surface area contributed by atoms with Gasteiger partial charge in [-0.2, -0.15) is 0 Å². The summed E-state index contributed by atoms with van der Waals surface area (Å²) in [6, 6.07) is 8.78. The summed E-state index contributed by atoms with van der Waals surface area (Å²) < 4.78 is 11.0. The minimum Gasteiger partial charge on any atom is -0.486 e. The molecule has 2 N–H and O–H groups in total. The summed E-state index contributed by atoms with van der Waals surface area (Å²) in [5.41, 5.74) is 2.12. The lowest BCUT2D eigenvalue weighted by molar-refractivity contribution is -0.114. The maximum absolute atomic E-state index is 12.1. The van der Waals surface area contributed by atoms with E-state index in [4.69, 9.17) is 32.7 Å². The molecule has 126 valence electrons. The van der Waals surface area contributed by atoms with Gasteiger partial charge in [-0.05, 0) is 24.6 Å². The fourth-order valence-electron chi connectivity index (χ4n) is 2.31. The summed E-state index contributed by atoms with van der Waals surface area (Å²) in [4.78, 5) is 12.1. The van der Waals surface area contributed by atoms with Crippen molar-refractivity contribution in [2.45, 2.75) is 6.92 Å². The molecule has 7 heteroatoms. The van der Waals surface area contributed by atoms with Crippen LogP contribution >= 0.6 is 23.2 Å². The lowest BCUT2D eigenvalue weighted by Crippen LogP contribution is -2.22. The molecule has 0 radical (unpaired) electrons. The molecule has 0 spiro atoms. The molecule has 0 aliphatic carbocycles. The molecular weight excluding hydrogens is 351 g/mol. The Bertz CT molecular complexity index is 781. The second-order valence-corrected chi connectivity index (χ2v) is 6.10. The highest BCUT2D eigenvalue weighted by Gasteiger charge is 2.15. The zero-order valence-corrected chi connectivity index (χ0v) is 14.5. The number of hydrogen-bond donors (Lipinski definition) is 2. The van der Waals surface area contributed by atoms with Crippen LogP contribution in [0.15, 0.2) is 30.3 Å². The fraction of sp³-hybridized carbons (Fsp3) is 0.235. The minimum atomic E-state index is -0.202. The molecule has 2 aromatic carbocycles. The molecule has 0 fully saturated rings. The van der Waals surface area contributed by atoms with Crippen molar-refractivity contribution < 1.29 is 14.3 Å². The van der Waals surface area contributed by atoms with E-state index in [1.807, 2.05) is 6.92 Å². The van der Waals surface area contributed by atoms with Crippen LogP contribution in [0, 0.1) is 6.92 Å². The lowest BCUT2D eigenvalue weighted by atomic mass is 10.2. The van der Waals surface area contributed by atoms with E-state index >= 15 is 0 Å². The number of halogens is 2. The van der Waals surface area contributed by atoms with Crippen molar-refractivity contribution in [1.82, 2.24) is 0 Å². The smallest absolute Gasteiger partial charge is 0.243 e. The summed E-state index contributed by atoms with van der Waals surface area (Å²) >= 11 is 12.3. The van der Waals surface area contributed by atoms with Crippen LogP contribution in [-0.2, 0) is 4.79 Å². The predicted octanol–water partition coefficient (Wildman–Crippen LogP) is 4.12. The van der Waals surface area contributed by atoms with Gasteiger partial charge in [0.2, 0.25) is 5.91 Å². The Labute approximate surface area is 149 Å². The van der Waals surface area contributed by atoms with Gasteiger partial charge < -0.3 is 20.1 Å². The van der Waals surface area contributed by atoms with Crippen molar-refractivity contribution in [1.29, 1.82) is 0 Å². The molecule has 3 rings (SSSR count). The third kappa shape index (κ3) is 3.68. The molecule has 1 aliphatic heterocycles. The van der Waals surface area contributed by atoms with Gasteiger partial charge in [-0.3, -0.25) is 4.79 Å². The molecule has 0 saturated heterocycles. The largest absolute Gasteiger partial charge is 0.486 e. The van der Waals surface area contributed by atoms with Crippen LogP contribution in [0.25, 0.3) is 0 Å². The van der Waals surface area contributed by atoms with Crippen LogP contribution in [0.3, 0.4) is 0 Å². The Kier molecular flexibility index (Phi) is 5.02. The summed E-state index contributed by atoms with van der Waals surface area (Å²) in [5.74, 6) is 1.02. The van der Waals surface area contributed by atoms with Crippen molar-refractivity contribution >= 4 is 40.5 Å². The number of carbonyl (C=O) groups is 1. The van der Waals surface area contributed by atoms with E-state index in [2.05, 4.69) is 10.6 Å². The Morgan fingerprint density at radius 1 is 1.08 bits per heavy atom. The van der Waals surface area contributed by atoms with Gasteiger partial charge in [0, 0.05) is 22.8 Å². The molecule has 0 bridgehead atoms. The summed E-state index contributed by atoms with van der Waals surface area (Å²) in [7, 11) is 0. The second-order valence-electron chi connectivity index (χ2n) is 5.29. The quantitative estimate of drug-likeness (QED) is 0.854. The van der Waals surface area contributed by atoms with Crippen LogP contribution in [0.5, 0.6) is 11.5 Å². The molecule has 1 amide bonds. The number of nitrogens with one attached hydrogen (secondary N) is 2. The Morgan fingerprint density at radius 2 is 1.79 bits per heavy atom. The number of amides is 1. The topological polar surface area (TPSA) is 59.6 Å². The fourth-order valence-corrected chi connectivity index (χ4v) is 2.71. The first kappa shape index (κ1) is 16.7. The number of hydrogen-bond acceptors (Lipinski definition) is 4. The molecule has 0 aromatic heterocycles. The SMILES string of the molecule is Cc1c(Cl)cccc1NC(=O)CNc1cc2c(cc1Cl)OCCO2. The van der Waals surface area contributed by atoms with E-state index in [9.17, 15) is 4.79 Å². The molecule has 1 heterocycles. The van der Waals surface area contributed by atoms with Gasteiger partial charge in [0.25, 0.3) is 0 Å². The van der Waals surface area contributed by atoms with Crippen LogP contribution in [0.4, 0.5) is 11.4 Å². The third-order valence-corrected chi connectivity index (χ3v) is 4.34. The molecule has 0 atom stereocenters. The van der Waals surface area contributed by atoms with Crippen LogP contribution in [0.1, 0.15) is 5.56 Å². The van der Waals surface area contributed by atoms with Crippen LogP contribution in [0.2, 0.25) is 10.0 Å². The molecular formula is C17H16Cl2N2O3. The van der Waals surface area contributed by atoms with E-state index in [1.165, 1.54) is 0 Å². The van der Waals surface area contributed by atoms with Gasteiger partial charge in [0.05, 0.1) is 17.3 Å². The zero-order valence-electron chi connectivity index (χ0n) is 13.0. The molecule has 0 unspecified atom stereocenters. The zero-order chi connectivity index (χ0) is 17.1. The summed E-state index contributed by atoms with van der Waals surface area (Å²) in [6.07, 6.45) is 0. The lowest BCUT2D eigenvalue weighted by Gasteiger charge is -2.20. The van der Waals surface area contributed by atoms with Crippen molar-refractivity contribution in [3.05, 3.63) is 45.9 Å². The molecule has 2 aromatic rings. The minimum absolute atomic E-state index is 0.0608. The number of anilines is 2. The van der Waals surface area contributed by atoms with Gasteiger partial charge in [-0.15, -0.1) is 0 Å². The number of fused-ring (bicyclic) bond motifs is 1. The number of ether oxygens (including phenoxy) is 2. The normalized spacial score (nSPS) is 12.6. The highest BCUT2D eigenvalue weighted by molar-refractivity contribution is 6.33. The third-order valence-electron chi connectivity index (χ3n) is 3.61. The highest BCUT2D eigenvalue weighted by Crippen LogP contribution is 2.37. The van der Waals surface area contributed by atoms with Crippen LogP contribution in [-0.4, -0.2) is 25.7 Å². The van der Waals surface area contributed by atoms with E-state index in [-0.39, 0.29) is 12.5 Å². The molecule has 24 heavy (non-hydrogen) atoms. The van der Waals surface area contributed by atoms with Gasteiger partial charge in [0.15, 0.2) is 11.5 Å². The first-order valence-electron chi connectivity index (χ1n) is 7.42. The van der Waals surface area contributed by atoms with E-state index in [0.717, 1.165) is 5.56 Å². The highest BCUT2D eigenvalue weighted by atomic mass is 35.5. The number of benzene rings is 2. The second kappa shape index (κ2) is 7.20. The van der Waals surface area contributed by atoms with Gasteiger partial charge >= 0.3 is 0 Å². The van der Waals surface area contributed by atoms with Crippen molar-refractivity contribution in [3.63, 3.8) is 0 Å². The maximum Gasteiger partial charge on any atom is 0.243 e. The number of carbonyl (C=O) groups excluding carboxylic acids is 1. The van der Waals surface area contributed by atoms with E-state index < -0.39 is 0 Å². The Hall–Kier alpha value is -2.11. The first-order chi connectivity index (χ1) is 11.5. The first-order valence-corrected chi connectivity index (χ1v) is 8.18. The average molecular weight is 367 g/mol. The van der Waals surface area contributed by atoms with Gasteiger partial charge in [0.1, 0.15) is 13.2 Å². The Balaban J connectivity index is 1.65.